The third-order valence-corrected chi connectivity index (χ3v) is 4.66. The van der Waals surface area contributed by atoms with Crippen LogP contribution in [0.3, 0.4) is 0 Å². The van der Waals surface area contributed by atoms with E-state index in [-0.39, 0.29) is 22.5 Å². The first-order valence-electron chi connectivity index (χ1n) is 9.56. The fourth-order valence-electron chi connectivity index (χ4n) is 3.05. The minimum absolute atomic E-state index is 0.0215. The SMILES string of the molecule is CCN(Cc1ccccc1)C(=O)COC(=O)c1cnc2c(c1)c(=O)[nH]c(=O)n2CC. The van der Waals surface area contributed by atoms with Crippen LogP contribution in [-0.2, 0) is 22.6 Å². The number of hydrogen-bond acceptors (Lipinski definition) is 6. The molecule has 0 unspecified atom stereocenters. The molecule has 30 heavy (non-hydrogen) atoms. The highest BCUT2D eigenvalue weighted by molar-refractivity contribution is 5.94. The molecule has 1 aromatic carbocycles. The Morgan fingerprint density at radius 3 is 2.57 bits per heavy atom. The van der Waals surface area contributed by atoms with Crippen molar-refractivity contribution in [2.24, 2.45) is 0 Å². The third kappa shape index (κ3) is 4.45. The van der Waals surface area contributed by atoms with E-state index in [2.05, 4.69) is 9.97 Å². The second-order valence-electron chi connectivity index (χ2n) is 6.57. The van der Waals surface area contributed by atoms with Crippen molar-refractivity contribution in [2.75, 3.05) is 13.2 Å². The first-order valence-corrected chi connectivity index (χ1v) is 9.56. The minimum atomic E-state index is -0.776. The number of aromatic amines is 1. The quantitative estimate of drug-likeness (QED) is 0.588. The topological polar surface area (TPSA) is 114 Å². The van der Waals surface area contributed by atoms with Gasteiger partial charge in [0.25, 0.3) is 11.5 Å². The molecule has 156 valence electrons. The Labute approximate surface area is 171 Å². The summed E-state index contributed by atoms with van der Waals surface area (Å²) in [5, 5.41) is 0.0940. The van der Waals surface area contributed by atoms with Crippen LogP contribution in [0, 0.1) is 0 Å². The van der Waals surface area contributed by atoms with E-state index in [4.69, 9.17) is 4.74 Å². The van der Waals surface area contributed by atoms with Gasteiger partial charge in [0.2, 0.25) is 0 Å². The molecular weight excluding hydrogens is 388 g/mol. The van der Waals surface area contributed by atoms with Gasteiger partial charge in [-0.15, -0.1) is 0 Å². The summed E-state index contributed by atoms with van der Waals surface area (Å²) in [5.74, 6) is -1.11. The summed E-state index contributed by atoms with van der Waals surface area (Å²) < 4.78 is 6.42. The Balaban J connectivity index is 1.72. The predicted octanol–water partition coefficient (Wildman–Crippen LogP) is 1.31. The number of hydrogen-bond donors (Lipinski definition) is 1. The zero-order valence-corrected chi connectivity index (χ0v) is 16.8. The number of rotatable bonds is 7. The monoisotopic (exact) mass is 410 g/mol. The van der Waals surface area contributed by atoms with Gasteiger partial charge in [-0.2, -0.15) is 0 Å². The normalized spacial score (nSPS) is 10.7. The number of ether oxygens (including phenoxy) is 1. The number of aryl methyl sites for hydroxylation is 1. The average Bonchev–Trinajstić information content (AvgIpc) is 2.76. The summed E-state index contributed by atoms with van der Waals surface area (Å²) in [6.07, 6.45) is 1.22. The number of benzene rings is 1. The van der Waals surface area contributed by atoms with Crippen LogP contribution in [0.5, 0.6) is 0 Å². The van der Waals surface area contributed by atoms with Crippen molar-refractivity contribution in [3.63, 3.8) is 0 Å². The number of pyridine rings is 1. The smallest absolute Gasteiger partial charge is 0.340 e. The van der Waals surface area contributed by atoms with E-state index >= 15 is 0 Å². The lowest BCUT2D eigenvalue weighted by atomic mass is 10.2. The minimum Gasteiger partial charge on any atom is -0.452 e. The van der Waals surface area contributed by atoms with Gasteiger partial charge in [0.1, 0.15) is 5.65 Å². The Kier molecular flexibility index (Phi) is 6.41. The Morgan fingerprint density at radius 2 is 1.90 bits per heavy atom. The summed E-state index contributed by atoms with van der Waals surface area (Å²) in [5.41, 5.74) is -0.0366. The van der Waals surface area contributed by atoms with E-state index in [0.717, 1.165) is 5.56 Å². The van der Waals surface area contributed by atoms with Crippen LogP contribution in [0.2, 0.25) is 0 Å². The van der Waals surface area contributed by atoms with Gasteiger partial charge in [-0.1, -0.05) is 30.3 Å². The van der Waals surface area contributed by atoms with Crippen LogP contribution in [0.4, 0.5) is 0 Å². The number of nitrogens with zero attached hydrogens (tertiary/aromatic N) is 3. The molecule has 0 fully saturated rings. The van der Waals surface area contributed by atoms with Crippen molar-refractivity contribution in [1.82, 2.24) is 19.4 Å². The van der Waals surface area contributed by atoms with Gasteiger partial charge in [-0.3, -0.25) is 19.1 Å². The molecule has 3 rings (SSSR count). The number of carbonyl (C=O) groups excluding carboxylic acids is 2. The van der Waals surface area contributed by atoms with Crippen LogP contribution in [0.1, 0.15) is 29.8 Å². The van der Waals surface area contributed by atoms with Crippen molar-refractivity contribution in [2.45, 2.75) is 26.9 Å². The number of likely N-dealkylation sites (N-methyl/N-ethyl adjacent to an activating group) is 1. The molecule has 2 aromatic heterocycles. The molecule has 0 spiro atoms. The summed E-state index contributed by atoms with van der Waals surface area (Å²) in [7, 11) is 0. The zero-order chi connectivity index (χ0) is 21.7. The molecule has 0 radical (unpaired) electrons. The zero-order valence-electron chi connectivity index (χ0n) is 16.8. The molecular formula is C21H22N4O5. The number of amides is 1. The molecule has 1 N–H and O–H groups in total. The largest absolute Gasteiger partial charge is 0.452 e. The number of H-pyrrole nitrogens is 1. The highest BCUT2D eigenvalue weighted by Gasteiger charge is 2.17. The van der Waals surface area contributed by atoms with Crippen LogP contribution >= 0.6 is 0 Å². The second-order valence-corrected chi connectivity index (χ2v) is 6.57. The fraction of sp³-hybridized carbons (Fsp3) is 0.286. The van der Waals surface area contributed by atoms with E-state index in [1.165, 1.54) is 16.8 Å². The van der Waals surface area contributed by atoms with E-state index in [9.17, 15) is 19.2 Å². The summed E-state index contributed by atoms with van der Waals surface area (Å²) >= 11 is 0. The lowest BCUT2D eigenvalue weighted by Crippen LogP contribution is -2.34. The Bertz CT molecular complexity index is 1180. The standard InChI is InChI=1S/C21H22N4O5/c1-3-24(12-14-8-6-5-7-9-14)17(26)13-30-20(28)15-10-16-18(22-11-15)25(4-2)21(29)23-19(16)27/h5-11H,3-4,12-13H2,1-2H3,(H,23,27,29). The van der Waals surface area contributed by atoms with Gasteiger partial charge in [-0.05, 0) is 25.5 Å². The number of carbonyl (C=O) groups is 2. The average molecular weight is 410 g/mol. The number of nitrogens with one attached hydrogen (secondary N) is 1. The first kappa shape index (κ1) is 21.0. The molecule has 0 aliphatic heterocycles. The molecule has 0 aliphatic carbocycles. The van der Waals surface area contributed by atoms with Crippen LogP contribution in [0.15, 0.2) is 52.2 Å². The van der Waals surface area contributed by atoms with Gasteiger partial charge in [-0.25, -0.2) is 14.6 Å². The van der Waals surface area contributed by atoms with Crippen LogP contribution < -0.4 is 11.2 Å². The molecule has 3 aromatic rings. The molecule has 1 amide bonds. The van der Waals surface area contributed by atoms with Crippen molar-refractivity contribution in [1.29, 1.82) is 0 Å². The molecule has 0 atom stereocenters. The van der Waals surface area contributed by atoms with Crippen LogP contribution in [0.25, 0.3) is 11.0 Å². The second kappa shape index (κ2) is 9.17. The lowest BCUT2D eigenvalue weighted by Gasteiger charge is -2.20. The van der Waals surface area contributed by atoms with E-state index in [1.54, 1.807) is 11.8 Å². The molecule has 2 heterocycles. The van der Waals surface area contributed by atoms with Gasteiger partial charge < -0.3 is 9.64 Å². The molecule has 0 bridgehead atoms. The molecule has 9 nitrogen and oxygen atoms in total. The van der Waals surface area contributed by atoms with Crippen molar-refractivity contribution >= 4 is 22.9 Å². The fourth-order valence-corrected chi connectivity index (χ4v) is 3.05. The van der Waals surface area contributed by atoms with Gasteiger partial charge in [0, 0.05) is 25.8 Å². The molecule has 0 aliphatic rings. The predicted molar refractivity (Wildman–Crippen MR) is 110 cm³/mol. The molecule has 0 saturated heterocycles. The Hall–Kier alpha value is -3.75. The van der Waals surface area contributed by atoms with Gasteiger partial charge in [0.05, 0.1) is 10.9 Å². The molecule has 9 heteroatoms. The molecule has 0 saturated carbocycles. The number of aromatic nitrogens is 3. The Morgan fingerprint density at radius 1 is 1.17 bits per heavy atom. The van der Waals surface area contributed by atoms with Crippen LogP contribution in [-0.4, -0.2) is 44.5 Å². The maximum atomic E-state index is 12.4. The van der Waals surface area contributed by atoms with Crippen molar-refractivity contribution < 1.29 is 14.3 Å². The highest BCUT2D eigenvalue weighted by atomic mass is 16.5. The summed E-state index contributed by atoms with van der Waals surface area (Å²) in [6, 6.07) is 10.8. The summed E-state index contributed by atoms with van der Waals surface area (Å²) in [6.45, 7) is 4.34. The van der Waals surface area contributed by atoms with E-state index < -0.39 is 23.8 Å². The van der Waals surface area contributed by atoms with Gasteiger partial charge >= 0.3 is 11.7 Å². The van der Waals surface area contributed by atoms with Gasteiger partial charge in [0.15, 0.2) is 6.61 Å². The maximum Gasteiger partial charge on any atom is 0.340 e. The van der Waals surface area contributed by atoms with Crippen molar-refractivity contribution in [3.8, 4) is 0 Å². The third-order valence-electron chi connectivity index (χ3n) is 4.66. The number of fused-ring (bicyclic) bond motifs is 1. The van der Waals surface area contributed by atoms with E-state index in [1.807, 2.05) is 37.3 Å². The lowest BCUT2D eigenvalue weighted by molar-refractivity contribution is -0.134. The maximum absolute atomic E-state index is 12.4. The highest BCUT2D eigenvalue weighted by Crippen LogP contribution is 2.10. The summed E-state index contributed by atoms with van der Waals surface area (Å²) in [4.78, 5) is 56.6. The number of esters is 1. The first-order chi connectivity index (χ1) is 14.4. The van der Waals surface area contributed by atoms with Crippen molar-refractivity contribution in [3.05, 3.63) is 74.6 Å². The van der Waals surface area contributed by atoms with E-state index in [0.29, 0.717) is 19.6 Å².